The third-order valence-corrected chi connectivity index (χ3v) is 4.96. The summed E-state index contributed by atoms with van der Waals surface area (Å²) >= 11 is -0.192. The molecule has 0 unspecified atom stereocenters. The quantitative estimate of drug-likeness (QED) is 0.574. The SMILES string of the molecule is C=Ic1ccc(N)cc1Cn1cnc2ccccc21. The van der Waals surface area contributed by atoms with Crippen molar-refractivity contribution in [3.8, 4) is 0 Å². The molecule has 0 saturated heterocycles. The zero-order valence-corrected chi connectivity index (χ0v) is 12.5. The highest BCUT2D eigenvalue weighted by atomic mass is 127. The van der Waals surface area contributed by atoms with Gasteiger partial charge in [0.15, 0.2) is 0 Å². The Morgan fingerprint density at radius 3 is 2.89 bits per heavy atom. The van der Waals surface area contributed by atoms with Crippen molar-refractivity contribution in [2.24, 2.45) is 0 Å². The van der Waals surface area contributed by atoms with E-state index in [9.17, 15) is 0 Å². The van der Waals surface area contributed by atoms with Crippen molar-refractivity contribution in [3.05, 3.63) is 57.9 Å². The van der Waals surface area contributed by atoms with E-state index in [2.05, 4.69) is 32.3 Å². The Kier molecular flexibility index (Phi) is 3.33. The predicted octanol–water partition coefficient (Wildman–Crippen LogP) is 3.24. The Bertz CT molecular complexity index is 746. The number of hydrogen-bond donors (Lipinski definition) is 1. The van der Waals surface area contributed by atoms with Crippen LogP contribution >= 0.6 is 20.7 Å². The number of nitrogens with two attached hydrogens (primary N) is 1. The standard InChI is InChI=1S/C15H14IN3/c1-16-13-7-6-12(17)8-11(13)9-19-10-18-14-4-2-3-5-15(14)19/h2-8,10H,1,9,17H2. The third-order valence-electron chi connectivity index (χ3n) is 3.08. The fraction of sp³-hybridized carbons (Fsp3) is 0.0667. The molecule has 0 bridgehead atoms. The zero-order valence-electron chi connectivity index (χ0n) is 10.4. The van der Waals surface area contributed by atoms with Gasteiger partial charge in [-0.3, -0.25) is 0 Å². The summed E-state index contributed by atoms with van der Waals surface area (Å²) in [4.78, 5) is 4.42. The lowest BCUT2D eigenvalue weighted by Crippen LogP contribution is -2.01. The maximum absolute atomic E-state index is 5.89. The number of aromatic nitrogens is 2. The topological polar surface area (TPSA) is 43.8 Å². The molecule has 96 valence electrons. The van der Waals surface area contributed by atoms with Gasteiger partial charge in [-0.15, -0.1) is 0 Å². The van der Waals surface area contributed by atoms with E-state index in [0.29, 0.717) is 0 Å². The molecule has 3 aromatic rings. The molecule has 0 fully saturated rings. The number of hydrogen-bond acceptors (Lipinski definition) is 2. The Balaban J connectivity index is 2.05. The van der Waals surface area contributed by atoms with Crippen LogP contribution in [-0.4, -0.2) is 14.1 Å². The molecule has 2 N–H and O–H groups in total. The Morgan fingerprint density at radius 1 is 1.21 bits per heavy atom. The second-order valence-corrected chi connectivity index (χ2v) is 6.27. The van der Waals surface area contributed by atoms with Gasteiger partial charge in [0.1, 0.15) is 0 Å². The van der Waals surface area contributed by atoms with Crippen molar-refractivity contribution in [2.75, 3.05) is 5.73 Å². The minimum atomic E-state index is -0.192. The molecule has 19 heavy (non-hydrogen) atoms. The Hall–Kier alpha value is -1.69. The molecule has 0 aliphatic carbocycles. The van der Waals surface area contributed by atoms with Crippen LogP contribution in [0.15, 0.2) is 48.8 Å². The fourth-order valence-corrected chi connectivity index (χ4v) is 3.42. The van der Waals surface area contributed by atoms with Crippen molar-refractivity contribution >= 4 is 42.0 Å². The van der Waals surface area contributed by atoms with E-state index in [1.165, 1.54) is 9.13 Å². The molecule has 3 nitrogen and oxygen atoms in total. The van der Waals surface area contributed by atoms with E-state index in [1.807, 2.05) is 30.6 Å². The summed E-state index contributed by atoms with van der Waals surface area (Å²) in [7, 11) is 0. The fourth-order valence-electron chi connectivity index (χ4n) is 2.17. The normalized spacial score (nSPS) is 10.9. The molecule has 0 aliphatic heterocycles. The average Bonchev–Trinajstić information content (AvgIpc) is 2.83. The van der Waals surface area contributed by atoms with Crippen molar-refractivity contribution in [1.82, 2.24) is 9.55 Å². The van der Waals surface area contributed by atoms with Gasteiger partial charge in [0.25, 0.3) is 0 Å². The van der Waals surface area contributed by atoms with Gasteiger partial charge >= 0.3 is 0 Å². The zero-order chi connectivity index (χ0) is 13.2. The second-order valence-electron chi connectivity index (χ2n) is 4.35. The van der Waals surface area contributed by atoms with Crippen molar-refractivity contribution < 1.29 is 0 Å². The second kappa shape index (κ2) is 5.13. The predicted molar refractivity (Wildman–Crippen MR) is 89.5 cm³/mol. The first-order valence-corrected chi connectivity index (χ1v) is 8.55. The van der Waals surface area contributed by atoms with Crippen LogP contribution in [0, 0.1) is 3.57 Å². The smallest absolute Gasteiger partial charge is 0.0961 e. The summed E-state index contributed by atoms with van der Waals surface area (Å²) < 4.78 is 7.58. The number of benzene rings is 2. The molecule has 4 heteroatoms. The van der Waals surface area contributed by atoms with Gasteiger partial charge in [-0.05, 0) is 35.9 Å². The van der Waals surface area contributed by atoms with Crippen LogP contribution in [0.25, 0.3) is 11.0 Å². The van der Waals surface area contributed by atoms with Gasteiger partial charge < -0.3 is 10.3 Å². The highest BCUT2D eigenvalue weighted by molar-refractivity contribution is 14.2. The van der Waals surface area contributed by atoms with Crippen molar-refractivity contribution in [2.45, 2.75) is 6.54 Å². The number of anilines is 1. The molecule has 0 saturated carbocycles. The van der Waals surface area contributed by atoms with Gasteiger partial charge in [-0.2, -0.15) is 0 Å². The molecule has 0 atom stereocenters. The summed E-state index contributed by atoms with van der Waals surface area (Å²) in [5, 5.41) is 0. The largest absolute Gasteiger partial charge is 0.399 e. The first-order chi connectivity index (χ1) is 9.28. The molecule has 0 aliphatic rings. The summed E-state index contributed by atoms with van der Waals surface area (Å²) in [6.45, 7) is 0.802. The maximum atomic E-state index is 5.89. The lowest BCUT2D eigenvalue weighted by molar-refractivity contribution is 0.821. The molecule has 0 spiro atoms. The van der Waals surface area contributed by atoms with Gasteiger partial charge in [0.2, 0.25) is 0 Å². The van der Waals surface area contributed by atoms with E-state index in [0.717, 1.165) is 23.3 Å². The highest BCUT2D eigenvalue weighted by Gasteiger charge is 2.05. The van der Waals surface area contributed by atoms with Gasteiger partial charge in [-0.25, -0.2) is 4.98 Å². The van der Waals surface area contributed by atoms with Crippen molar-refractivity contribution in [3.63, 3.8) is 0 Å². The number of para-hydroxylation sites is 2. The van der Waals surface area contributed by atoms with E-state index < -0.39 is 0 Å². The minimum Gasteiger partial charge on any atom is -0.399 e. The Morgan fingerprint density at radius 2 is 2.05 bits per heavy atom. The van der Waals surface area contributed by atoms with Crippen LogP contribution in [-0.2, 0) is 6.54 Å². The van der Waals surface area contributed by atoms with Crippen LogP contribution in [0.1, 0.15) is 5.56 Å². The molecule has 1 aromatic heterocycles. The first-order valence-electron chi connectivity index (χ1n) is 5.94. The van der Waals surface area contributed by atoms with E-state index in [-0.39, 0.29) is 20.7 Å². The minimum absolute atomic E-state index is 0.192. The molecule has 1 heterocycles. The van der Waals surface area contributed by atoms with Crippen LogP contribution in [0.3, 0.4) is 0 Å². The average molecular weight is 363 g/mol. The lowest BCUT2D eigenvalue weighted by atomic mass is 10.2. The van der Waals surface area contributed by atoms with Crippen LogP contribution in [0.5, 0.6) is 0 Å². The highest BCUT2D eigenvalue weighted by Crippen LogP contribution is 2.21. The summed E-state index contributed by atoms with van der Waals surface area (Å²) in [5.41, 5.74) is 10.1. The van der Waals surface area contributed by atoms with Crippen LogP contribution in [0.2, 0.25) is 0 Å². The molecule has 0 radical (unpaired) electrons. The van der Waals surface area contributed by atoms with E-state index in [4.69, 9.17) is 5.73 Å². The van der Waals surface area contributed by atoms with Gasteiger partial charge in [0, 0.05) is 9.26 Å². The van der Waals surface area contributed by atoms with E-state index >= 15 is 0 Å². The van der Waals surface area contributed by atoms with Gasteiger partial charge in [-0.1, -0.05) is 37.4 Å². The summed E-state index contributed by atoms with van der Waals surface area (Å²) in [5.74, 6) is 0. The van der Waals surface area contributed by atoms with Crippen molar-refractivity contribution in [1.29, 1.82) is 0 Å². The molecule has 0 amide bonds. The molecule has 2 aromatic carbocycles. The number of nitrogen functional groups attached to an aromatic ring is 1. The molecular weight excluding hydrogens is 349 g/mol. The first kappa shape index (κ1) is 12.3. The summed E-state index contributed by atoms with van der Waals surface area (Å²) in [6.07, 6.45) is 1.89. The lowest BCUT2D eigenvalue weighted by Gasteiger charge is -2.08. The van der Waals surface area contributed by atoms with Crippen LogP contribution < -0.4 is 5.73 Å². The Labute approximate surface area is 121 Å². The van der Waals surface area contributed by atoms with Gasteiger partial charge in [0.05, 0.1) is 23.9 Å². The third kappa shape index (κ3) is 2.40. The maximum Gasteiger partial charge on any atom is 0.0961 e. The van der Waals surface area contributed by atoms with Crippen LogP contribution in [0.4, 0.5) is 5.69 Å². The number of rotatable bonds is 3. The number of halogens is 1. The summed E-state index contributed by atoms with van der Waals surface area (Å²) in [6, 6.07) is 14.3. The van der Waals surface area contributed by atoms with E-state index in [1.54, 1.807) is 0 Å². The number of fused-ring (bicyclic) bond motifs is 1. The number of nitrogens with zero attached hydrogens (tertiary/aromatic N) is 2. The monoisotopic (exact) mass is 363 g/mol. The number of imidazole rings is 1. The molecule has 3 rings (SSSR count). The molecular formula is C15H14IN3.